The van der Waals surface area contributed by atoms with Crippen molar-refractivity contribution in [2.75, 3.05) is 13.2 Å². The topological polar surface area (TPSA) is 124 Å². The number of benzene rings is 6. The zero-order chi connectivity index (χ0) is 55.2. The van der Waals surface area contributed by atoms with Crippen LogP contribution < -0.4 is 18.9 Å². The molecule has 0 unspecified atom stereocenters. The number of unbranched alkanes of at least 4 members (excludes halogenated alkanes) is 15. The molecular formula is C68H82O10. The van der Waals surface area contributed by atoms with E-state index in [1.54, 1.807) is 72.8 Å². The van der Waals surface area contributed by atoms with Crippen molar-refractivity contribution in [1.82, 2.24) is 0 Å². The van der Waals surface area contributed by atoms with Gasteiger partial charge in [-0.15, -0.1) is 0 Å². The summed E-state index contributed by atoms with van der Waals surface area (Å²) < 4.78 is 34.5. The molecule has 0 aliphatic rings. The Hall–Kier alpha value is -7.20. The number of hydrogen-bond acceptors (Lipinski definition) is 10. The Bertz CT molecular complexity index is 2490. The Morgan fingerprint density at radius 1 is 0.308 bits per heavy atom. The summed E-state index contributed by atoms with van der Waals surface area (Å²) in [5.74, 6) is 0.595. The van der Waals surface area contributed by atoms with Crippen molar-refractivity contribution in [3.8, 4) is 45.3 Å². The van der Waals surface area contributed by atoms with E-state index in [2.05, 4.69) is 13.8 Å². The molecule has 0 spiro atoms. The normalized spacial score (nSPS) is 11.8. The van der Waals surface area contributed by atoms with E-state index in [0.717, 1.165) is 111 Å². The minimum absolute atomic E-state index is 0.236. The number of esters is 4. The van der Waals surface area contributed by atoms with Crippen molar-refractivity contribution < 1.29 is 47.6 Å². The first-order valence-corrected chi connectivity index (χ1v) is 28.8. The monoisotopic (exact) mass is 1060 g/mol. The van der Waals surface area contributed by atoms with Gasteiger partial charge in [0.15, 0.2) is 0 Å². The fourth-order valence-corrected chi connectivity index (χ4v) is 9.07. The van der Waals surface area contributed by atoms with Crippen LogP contribution in [-0.2, 0) is 9.47 Å². The van der Waals surface area contributed by atoms with E-state index >= 15 is 0 Å². The van der Waals surface area contributed by atoms with Crippen LogP contribution in [0.4, 0.5) is 0 Å². The maximum absolute atomic E-state index is 12.9. The Labute approximate surface area is 464 Å². The van der Waals surface area contributed by atoms with E-state index in [1.807, 2.05) is 86.6 Å². The molecule has 0 N–H and O–H groups in total. The van der Waals surface area contributed by atoms with Gasteiger partial charge in [0, 0.05) is 0 Å². The molecule has 0 aliphatic carbocycles. The Balaban J connectivity index is 0.783. The number of rotatable bonds is 35. The molecule has 0 aromatic heterocycles. The van der Waals surface area contributed by atoms with Crippen LogP contribution in [0.3, 0.4) is 0 Å². The lowest BCUT2D eigenvalue weighted by atomic mass is 10.0. The SMILES string of the molecule is CCCCCCCCOc1ccc(-c2ccc(C(=O)Oc3ccc(C(=O)O[C@@H](C)CCCCCCCC[C@H](C)OC(=O)c4ccc(OC(=O)c5ccc(-c6ccc(OCCCCCCCC)cc6)cc5)cc4)cc3)cc2)cc1. The van der Waals surface area contributed by atoms with E-state index in [1.165, 1.54) is 64.2 Å². The van der Waals surface area contributed by atoms with Gasteiger partial charge in [-0.2, -0.15) is 0 Å². The molecule has 10 heteroatoms. The van der Waals surface area contributed by atoms with Crippen LogP contribution in [-0.4, -0.2) is 49.3 Å². The molecule has 10 nitrogen and oxygen atoms in total. The molecule has 0 radical (unpaired) electrons. The lowest BCUT2D eigenvalue weighted by molar-refractivity contribution is 0.0307. The maximum atomic E-state index is 12.9. The molecule has 78 heavy (non-hydrogen) atoms. The maximum Gasteiger partial charge on any atom is 0.343 e. The molecule has 0 aliphatic heterocycles. The first-order chi connectivity index (χ1) is 38.1. The van der Waals surface area contributed by atoms with E-state index in [9.17, 15) is 19.2 Å². The Morgan fingerprint density at radius 3 is 0.897 bits per heavy atom. The van der Waals surface area contributed by atoms with Crippen LogP contribution >= 0.6 is 0 Å². The van der Waals surface area contributed by atoms with Crippen LogP contribution in [0.15, 0.2) is 146 Å². The van der Waals surface area contributed by atoms with Gasteiger partial charge in [-0.1, -0.05) is 152 Å². The smallest absolute Gasteiger partial charge is 0.343 e. The third kappa shape index (κ3) is 21.3. The second-order valence-electron chi connectivity index (χ2n) is 20.4. The molecule has 6 aromatic carbocycles. The molecule has 0 bridgehead atoms. The fraction of sp³-hybridized carbons (Fsp3) is 0.412. The zero-order valence-corrected chi connectivity index (χ0v) is 46.6. The molecule has 6 aromatic rings. The van der Waals surface area contributed by atoms with Crippen LogP contribution in [0, 0.1) is 0 Å². The van der Waals surface area contributed by atoms with Crippen molar-refractivity contribution in [2.24, 2.45) is 0 Å². The quantitative estimate of drug-likeness (QED) is 0.0216. The third-order valence-corrected chi connectivity index (χ3v) is 13.8. The highest BCUT2D eigenvalue weighted by Gasteiger charge is 2.17. The minimum Gasteiger partial charge on any atom is -0.494 e. The largest absolute Gasteiger partial charge is 0.494 e. The summed E-state index contributed by atoms with van der Waals surface area (Å²) in [4.78, 5) is 51.6. The van der Waals surface area contributed by atoms with Gasteiger partial charge < -0.3 is 28.4 Å². The van der Waals surface area contributed by atoms with Gasteiger partial charge in [0.1, 0.15) is 23.0 Å². The first kappa shape index (κ1) is 60.0. The zero-order valence-electron chi connectivity index (χ0n) is 46.6. The van der Waals surface area contributed by atoms with Crippen molar-refractivity contribution in [3.63, 3.8) is 0 Å². The fourth-order valence-electron chi connectivity index (χ4n) is 9.07. The first-order valence-electron chi connectivity index (χ1n) is 28.8. The summed E-state index contributed by atoms with van der Waals surface area (Å²) >= 11 is 0. The summed E-state index contributed by atoms with van der Waals surface area (Å²) in [6.07, 6.45) is 21.8. The third-order valence-electron chi connectivity index (χ3n) is 13.8. The minimum atomic E-state index is -0.483. The van der Waals surface area contributed by atoms with Crippen LogP contribution in [0.1, 0.15) is 198 Å². The van der Waals surface area contributed by atoms with Gasteiger partial charge in [0.2, 0.25) is 0 Å². The second kappa shape index (κ2) is 33.8. The van der Waals surface area contributed by atoms with E-state index < -0.39 is 23.9 Å². The van der Waals surface area contributed by atoms with Gasteiger partial charge in [0.05, 0.1) is 47.7 Å². The summed E-state index contributed by atoms with van der Waals surface area (Å²) in [7, 11) is 0. The van der Waals surface area contributed by atoms with Gasteiger partial charge in [-0.3, -0.25) is 0 Å². The van der Waals surface area contributed by atoms with Gasteiger partial charge in [-0.25, -0.2) is 19.2 Å². The molecule has 0 amide bonds. The van der Waals surface area contributed by atoms with Crippen LogP contribution in [0.25, 0.3) is 22.3 Å². The highest BCUT2D eigenvalue weighted by Crippen LogP contribution is 2.27. The molecule has 414 valence electrons. The van der Waals surface area contributed by atoms with Crippen molar-refractivity contribution in [1.29, 1.82) is 0 Å². The van der Waals surface area contributed by atoms with Crippen LogP contribution in [0.5, 0.6) is 23.0 Å². The molecule has 2 atom stereocenters. The molecule has 0 fully saturated rings. The van der Waals surface area contributed by atoms with Gasteiger partial charge in [-0.05, 0) is 172 Å². The summed E-state index contributed by atoms with van der Waals surface area (Å²) in [5.41, 5.74) is 5.66. The summed E-state index contributed by atoms with van der Waals surface area (Å²) in [5, 5.41) is 0. The Morgan fingerprint density at radius 2 is 0.564 bits per heavy atom. The number of ether oxygens (including phenoxy) is 6. The van der Waals surface area contributed by atoms with E-state index in [-0.39, 0.29) is 12.2 Å². The lowest BCUT2D eigenvalue weighted by Crippen LogP contribution is -2.15. The van der Waals surface area contributed by atoms with E-state index in [0.29, 0.717) is 33.8 Å². The number of carbonyl (C=O) groups excluding carboxylic acids is 4. The van der Waals surface area contributed by atoms with Gasteiger partial charge in [0.25, 0.3) is 0 Å². The summed E-state index contributed by atoms with van der Waals surface area (Å²) in [6.45, 7) is 9.71. The highest BCUT2D eigenvalue weighted by atomic mass is 16.6. The number of carbonyl (C=O) groups is 4. The lowest BCUT2D eigenvalue weighted by Gasteiger charge is -2.14. The number of hydrogen-bond donors (Lipinski definition) is 0. The average molecular weight is 1060 g/mol. The molecule has 6 rings (SSSR count). The van der Waals surface area contributed by atoms with Crippen molar-refractivity contribution >= 4 is 23.9 Å². The average Bonchev–Trinajstić information content (AvgIpc) is 3.46. The van der Waals surface area contributed by atoms with Crippen molar-refractivity contribution in [3.05, 3.63) is 168 Å². The standard InChI is InChI=1S/C68H82O10/c1-5-7-9-11-17-21-49-73-61-41-33-55(34-42-61)53-25-29-57(30-26-53)67(71)77-63-45-37-59(38-46-63)65(69)75-51(3)23-19-15-13-14-16-20-24-52(4)76-66(70)60-39-47-64(48-40-60)78-68(72)58-31-27-54(28-32-58)56-35-43-62(44-36-56)74-50-22-18-12-10-8-6-2/h25-48,51-52H,5-24,49-50H2,1-4H3/t51-,52-/m0/s1. The second-order valence-corrected chi connectivity index (χ2v) is 20.4. The predicted octanol–water partition coefficient (Wildman–Crippen LogP) is 17.8. The van der Waals surface area contributed by atoms with Crippen LogP contribution in [0.2, 0.25) is 0 Å². The van der Waals surface area contributed by atoms with Gasteiger partial charge >= 0.3 is 23.9 Å². The molecular weight excluding hydrogens is 977 g/mol. The molecule has 0 heterocycles. The molecule has 0 saturated heterocycles. The van der Waals surface area contributed by atoms with Crippen molar-refractivity contribution in [2.45, 2.75) is 168 Å². The summed E-state index contributed by atoms with van der Waals surface area (Å²) in [6, 6.07) is 43.4. The predicted molar refractivity (Wildman–Crippen MR) is 311 cm³/mol. The highest BCUT2D eigenvalue weighted by molar-refractivity contribution is 5.93. The Kier molecular flexibility index (Phi) is 26.1. The van der Waals surface area contributed by atoms with E-state index in [4.69, 9.17) is 28.4 Å². The molecule has 0 saturated carbocycles.